The Morgan fingerprint density at radius 1 is 1.31 bits per heavy atom. The summed E-state index contributed by atoms with van der Waals surface area (Å²) in [5, 5.41) is 11.5. The molecule has 0 saturated carbocycles. The fourth-order valence-electron chi connectivity index (χ4n) is 1.30. The summed E-state index contributed by atoms with van der Waals surface area (Å²) in [5.74, 6) is 0.846. The van der Waals surface area contributed by atoms with Crippen molar-refractivity contribution < 1.29 is 4.74 Å². The van der Waals surface area contributed by atoms with Crippen molar-refractivity contribution >= 4 is 6.21 Å². The summed E-state index contributed by atoms with van der Waals surface area (Å²) in [6.45, 7) is 2.01. The molecule has 1 aromatic heterocycles. The van der Waals surface area contributed by atoms with Crippen molar-refractivity contribution in [3.63, 3.8) is 0 Å². The molecule has 0 bridgehead atoms. The van der Waals surface area contributed by atoms with Gasteiger partial charge in [-0.05, 0) is 36.2 Å². The van der Waals surface area contributed by atoms with Crippen molar-refractivity contribution in [3.8, 4) is 5.75 Å². The number of rotatable bonds is 3. The summed E-state index contributed by atoms with van der Waals surface area (Å²) >= 11 is 0. The zero-order valence-electron chi connectivity index (χ0n) is 9.16. The number of hydrogen-bond acceptors (Lipinski definition) is 4. The maximum absolute atomic E-state index is 5.13. The summed E-state index contributed by atoms with van der Waals surface area (Å²) in [4.78, 5) is 0. The zero-order valence-corrected chi connectivity index (χ0v) is 9.16. The van der Waals surface area contributed by atoms with E-state index in [0.717, 1.165) is 16.9 Å². The molecular weight excluding hydrogens is 204 g/mol. The minimum atomic E-state index is 0.846. The molecule has 16 heavy (non-hydrogen) atoms. The van der Waals surface area contributed by atoms with E-state index in [1.165, 1.54) is 12.7 Å². The molecule has 0 N–H and O–H groups in total. The fourth-order valence-corrected chi connectivity index (χ4v) is 1.30. The summed E-state index contributed by atoms with van der Waals surface area (Å²) in [6.07, 6.45) is 4.84. The molecule has 0 saturated heterocycles. The molecule has 0 aliphatic rings. The normalized spacial score (nSPS) is 10.9. The average Bonchev–Trinajstić information content (AvgIpc) is 2.80. The van der Waals surface area contributed by atoms with Crippen LogP contribution in [0.1, 0.15) is 11.1 Å². The van der Waals surface area contributed by atoms with Crippen molar-refractivity contribution in [2.24, 2.45) is 5.10 Å². The zero-order chi connectivity index (χ0) is 11.4. The molecule has 5 nitrogen and oxygen atoms in total. The number of methoxy groups -OCH3 is 1. The van der Waals surface area contributed by atoms with Crippen LogP contribution in [0.4, 0.5) is 0 Å². The fraction of sp³-hybridized carbons (Fsp3) is 0.182. The molecule has 1 aromatic carbocycles. The van der Waals surface area contributed by atoms with Gasteiger partial charge < -0.3 is 4.74 Å². The number of ether oxygens (including phenoxy) is 1. The Labute approximate surface area is 93.4 Å². The first-order valence-corrected chi connectivity index (χ1v) is 4.83. The second-order valence-corrected chi connectivity index (χ2v) is 3.31. The van der Waals surface area contributed by atoms with Crippen molar-refractivity contribution in [1.82, 2.24) is 14.9 Å². The van der Waals surface area contributed by atoms with Gasteiger partial charge in [0.25, 0.3) is 0 Å². The van der Waals surface area contributed by atoms with E-state index in [4.69, 9.17) is 4.74 Å². The molecule has 5 heteroatoms. The van der Waals surface area contributed by atoms with Gasteiger partial charge in [-0.3, -0.25) is 0 Å². The Balaban J connectivity index is 2.22. The molecule has 2 rings (SSSR count). The van der Waals surface area contributed by atoms with Gasteiger partial charge in [-0.25, -0.2) is 4.68 Å². The van der Waals surface area contributed by atoms with E-state index in [1.54, 1.807) is 18.0 Å². The van der Waals surface area contributed by atoms with E-state index in [-0.39, 0.29) is 0 Å². The second kappa shape index (κ2) is 4.57. The Hall–Kier alpha value is -2.17. The van der Waals surface area contributed by atoms with E-state index >= 15 is 0 Å². The predicted octanol–water partition coefficient (Wildman–Crippen LogP) is 1.48. The van der Waals surface area contributed by atoms with E-state index < -0.39 is 0 Å². The molecule has 0 amide bonds. The first-order valence-electron chi connectivity index (χ1n) is 4.83. The number of aromatic nitrogens is 3. The second-order valence-electron chi connectivity index (χ2n) is 3.31. The van der Waals surface area contributed by atoms with Crippen molar-refractivity contribution in [2.75, 3.05) is 7.11 Å². The van der Waals surface area contributed by atoms with Crippen LogP contribution in [0.5, 0.6) is 5.75 Å². The van der Waals surface area contributed by atoms with Crippen LogP contribution < -0.4 is 4.74 Å². The van der Waals surface area contributed by atoms with Crippen LogP contribution in [0.15, 0.2) is 36.0 Å². The monoisotopic (exact) mass is 216 g/mol. The first-order chi connectivity index (χ1) is 7.79. The topological polar surface area (TPSA) is 52.3 Å². The maximum Gasteiger partial charge on any atom is 0.141 e. The molecule has 0 aliphatic carbocycles. The lowest BCUT2D eigenvalue weighted by Gasteiger charge is -2.03. The molecule has 0 fully saturated rings. The number of nitrogens with zero attached hydrogens (tertiary/aromatic N) is 4. The summed E-state index contributed by atoms with van der Waals surface area (Å²) in [7, 11) is 1.65. The molecule has 0 spiro atoms. The lowest BCUT2D eigenvalue weighted by molar-refractivity contribution is 0.414. The van der Waals surface area contributed by atoms with Gasteiger partial charge in [-0.2, -0.15) is 5.10 Å². The Morgan fingerprint density at radius 2 is 2.06 bits per heavy atom. The van der Waals surface area contributed by atoms with Gasteiger partial charge in [-0.1, -0.05) is 0 Å². The lowest BCUT2D eigenvalue weighted by Crippen LogP contribution is -1.92. The van der Waals surface area contributed by atoms with Gasteiger partial charge in [0.15, 0.2) is 0 Å². The molecule has 1 heterocycles. The third-order valence-electron chi connectivity index (χ3n) is 2.21. The van der Waals surface area contributed by atoms with E-state index in [9.17, 15) is 0 Å². The standard InChI is InChI=1S/C11H12N4O/c1-9-5-11(16-2)4-3-10(9)6-14-15-7-12-13-8-15/h3-8H,1-2H3/b14-6-. The summed E-state index contributed by atoms with van der Waals surface area (Å²) in [6, 6.07) is 5.83. The Bertz CT molecular complexity index is 491. The number of aryl methyl sites for hydroxylation is 1. The third kappa shape index (κ3) is 2.25. The average molecular weight is 216 g/mol. The number of benzene rings is 1. The molecule has 0 radical (unpaired) electrons. The minimum absolute atomic E-state index is 0.846. The van der Waals surface area contributed by atoms with E-state index in [2.05, 4.69) is 15.3 Å². The van der Waals surface area contributed by atoms with Gasteiger partial charge >= 0.3 is 0 Å². The highest BCUT2D eigenvalue weighted by Crippen LogP contribution is 2.15. The highest BCUT2D eigenvalue weighted by Gasteiger charge is 1.97. The summed E-state index contributed by atoms with van der Waals surface area (Å²) in [5.41, 5.74) is 2.14. The van der Waals surface area contributed by atoms with Crippen LogP contribution in [0.25, 0.3) is 0 Å². The SMILES string of the molecule is COc1ccc(/C=N\n2cnnc2)c(C)c1. The smallest absolute Gasteiger partial charge is 0.141 e. The molecule has 0 unspecified atom stereocenters. The summed E-state index contributed by atoms with van der Waals surface area (Å²) < 4.78 is 6.68. The van der Waals surface area contributed by atoms with Crippen LogP contribution in [0.2, 0.25) is 0 Å². The third-order valence-corrected chi connectivity index (χ3v) is 2.21. The van der Waals surface area contributed by atoms with E-state index in [1.807, 2.05) is 25.1 Å². The van der Waals surface area contributed by atoms with Gasteiger partial charge in [0, 0.05) is 0 Å². The molecule has 0 atom stereocenters. The molecule has 0 aliphatic heterocycles. The van der Waals surface area contributed by atoms with Crippen molar-refractivity contribution in [3.05, 3.63) is 42.0 Å². The minimum Gasteiger partial charge on any atom is -0.497 e. The highest BCUT2D eigenvalue weighted by atomic mass is 16.5. The predicted molar refractivity (Wildman–Crippen MR) is 60.7 cm³/mol. The van der Waals surface area contributed by atoms with Gasteiger partial charge in [-0.15, -0.1) is 10.2 Å². The van der Waals surface area contributed by atoms with Gasteiger partial charge in [0.05, 0.1) is 13.3 Å². The molecule has 82 valence electrons. The quantitative estimate of drug-likeness (QED) is 0.730. The Kier molecular flexibility index (Phi) is 2.95. The van der Waals surface area contributed by atoms with Gasteiger partial charge in [0.2, 0.25) is 0 Å². The van der Waals surface area contributed by atoms with Crippen molar-refractivity contribution in [1.29, 1.82) is 0 Å². The van der Waals surface area contributed by atoms with E-state index in [0.29, 0.717) is 0 Å². The molecule has 2 aromatic rings. The maximum atomic E-state index is 5.13. The Morgan fingerprint density at radius 3 is 2.69 bits per heavy atom. The lowest BCUT2D eigenvalue weighted by atomic mass is 10.1. The largest absolute Gasteiger partial charge is 0.497 e. The van der Waals surface area contributed by atoms with Crippen LogP contribution in [-0.4, -0.2) is 28.2 Å². The van der Waals surface area contributed by atoms with Gasteiger partial charge in [0.1, 0.15) is 18.4 Å². The number of hydrogen-bond donors (Lipinski definition) is 0. The van der Waals surface area contributed by atoms with Crippen LogP contribution >= 0.6 is 0 Å². The highest BCUT2D eigenvalue weighted by molar-refractivity contribution is 5.81. The molecular formula is C11H12N4O. The van der Waals surface area contributed by atoms with Crippen LogP contribution in [0, 0.1) is 6.92 Å². The van der Waals surface area contributed by atoms with Crippen molar-refractivity contribution in [2.45, 2.75) is 6.92 Å². The first kappa shape index (κ1) is 10.4. The van der Waals surface area contributed by atoms with Crippen LogP contribution in [0.3, 0.4) is 0 Å². The van der Waals surface area contributed by atoms with Crippen LogP contribution in [-0.2, 0) is 0 Å².